The van der Waals surface area contributed by atoms with Crippen molar-refractivity contribution in [2.24, 2.45) is 5.92 Å². The van der Waals surface area contributed by atoms with Crippen molar-refractivity contribution >= 4 is 22.2 Å². The predicted octanol–water partition coefficient (Wildman–Crippen LogP) is 6.97. The molecule has 196 valence electrons. The van der Waals surface area contributed by atoms with Gasteiger partial charge in [-0.3, -0.25) is 4.40 Å². The first-order valence-corrected chi connectivity index (χ1v) is 13.6. The highest BCUT2D eigenvalue weighted by atomic mass is 15.1. The van der Waals surface area contributed by atoms with Crippen LogP contribution in [0.5, 0.6) is 0 Å². The van der Waals surface area contributed by atoms with Gasteiger partial charge in [-0.2, -0.15) is 0 Å². The Hall–Kier alpha value is -3.77. The van der Waals surface area contributed by atoms with Crippen molar-refractivity contribution in [3.63, 3.8) is 0 Å². The van der Waals surface area contributed by atoms with Gasteiger partial charge in [-0.15, -0.1) is 0 Å². The molecular formula is C32H38N6. The number of nitrogens with two attached hydrogens (primary N) is 1. The third-order valence-electron chi connectivity index (χ3n) is 7.51. The van der Waals surface area contributed by atoms with E-state index in [9.17, 15) is 0 Å². The monoisotopic (exact) mass is 506 g/mol. The molecule has 3 aromatic heterocycles. The van der Waals surface area contributed by atoms with E-state index in [1.165, 1.54) is 5.56 Å². The molecule has 5 rings (SSSR count). The summed E-state index contributed by atoms with van der Waals surface area (Å²) in [5.41, 5.74) is 13.5. The minimum Gasteiger partial charge on any atom is -0.382 e. The Morgan fingerprint density at radius 2 is 1.76 bits per heavy atom. The summed E-state index contributed by atoms with van der Waals surface area (Å²) in [4.78, 5) is 17.0. The number of nitrogens with zero attached hydrogens (tertiary/aromatic N) is 5. The fourth-order valence-corrected chi connectivity index (χ4v) is 5.60. The van der Waals surface area contributed by atoms with E-state index in [4.69, 9.17) is 15.7 Å². The molecule has 3 heterocycles. The number of aryl methyl sites for hydroxylation is 1. The summed E-state index contributed by atoms with van der Waals surface area (Å²) in [7, 11) is 4.28. The van der Waals surface area contributed by atoms with Crippen LogP contribution in [0.4, 0.5) is 5.82 Å². The van der Waals surface area contributed by atoms with E-state index in [0.29, 0.717) is 17.7 Å². The average Bonchev–Trinajstić information content (AvgIpc) is 3.30. The van der Waals surface area contributed by atoms with Gasteiger partial charge in [-0.25, -0.2) is 15.0 Å². The number of pyridine rings is 1. The molecule has 0 aliphatic carbocycles. The second-order valence-electron chi connectivity index (χ2n) is 10.8. The van der Waals surface area contributed by atoms with E-state index in [0.717, 1.165) is 70.6 Å². The lowest BCUT2D eigenvalue weighted by Crippen LogP contribution is -2.20. The molecule has 2 atom stereocenters. The molecule has 0 fully saturated rings. The molecule has 38 heavy (non-hydrogen) atoms. The van der Waals surface area contributed by atoms with Gasteiger partial charge in [0.15, 0.2) is 0 Å². The molecule has 0 amide bonds. The summed E-state index contributed by atoms with van der Waals surface area (Å²) < 4.78 is 2.16. The minimum atomic E-state index is 0.341. The van der Waals surface area contributed by atoms with Crippen molar-refractivity contribution in [1.29, 1.82) is 0 Å². The van der Waals surface area contributed by atoms with Gasteiger partial charge in [0.05, 0.1) is 11.2 Å². The standard InChI is InChI=1S/C32H38N6/c1-6-23(13-12-21(2)20-37(4)5)32-36-29(30-31(33)34-16-17-38(30)32)25-14-15-26-22(3)18-27(35-28(26)19-25)24-10-8-7-9-11-24/h7-11,14-19,21,23H,6,12-13,20H2,1-5H3,(H2,33,34)/t21?,23-/m1/s1. The highest BCUT2D eigenvalue weighted by Gasteiger charge is 2.22. The van der Waals surface area contributed by atoms with Crippen LogP contribution in [0.3, 0.4) is 0 Å². The number of hydrogen-bond donors (Lipinski definition) is 1. The van der Waals surface area contributed by atoms with Crippen molar-refractivity contribution in [2.45, 2.75) is 46.0 Å². The van der Waals surface area contributed by atoms with Gasteiger partial charge in [-0.1, -0.05) is 56.3 Å². The van der Waals surface area contributed by atoms with E-state index in [1.54, 1.807) is 6.20 Å². The highest BCUT2D eigenvalue weighted by molar-refractivity contribution is 5.92. The van der Waals surface area contributed by atoms with E-state index in [-0.39, 0.29) is 0 Å². The fraction of sp³-hybridized carbons (Fsp3) is 0.344. The van der Waals surface area contributed by atoms with Gasteiger partial charge in [-0.05, 0) is 63.9 Å². The maximum Gasteiger partial charge on any atom is 0.150 e. The molecule has 0 aliphatic heterocycles. The van der Waals surface area contributed by atoms with Crippen LogP contribution in [0.1, 0.15) is 50.4 Å². The lowest BCUT2D eigenvalue weighted by Gasteiger charge is -2.20. The van der Waals surface area contributed by atoms with Crippen LogP contribution >= 0.6 is 0 Å². The molecule has 1 unspecified atom stereocenters. The molecule has 6 nitrogen and oxygen atoms in total. The Labute approximate surface area is 225 Å². The SMILES string of the molecule is CC[C@H](CCC(C)CN(C)C)c1nc(-c2ccc3c(C)cc(-c4ccccc4)nc3c2)c2c(N)nccn12. The van der Waals surface area contributed by atoms with E-state index < -0.39 is 0 Å². The van der Waals surface area contributed by atoms with Gasteiger partial charge in [0.1, 0.15) is 22.9 Å². The van der Waals surface area contributed by atoms with Crippen molar-refractivity contribution in [1.82, 2.24) is 24.3 Å². The summed E-state index contributed by atoms with van der Waals surface area (Å²) >= 11 is 0. The summed E-state index contributed by atoms with van der Waals surface area (Å²) in [6.45, 7) is 7.82. The number of nitrogen functional groups attached to an aromatic ring is 1. The van der Waals surface area contributed by atoms with Crippen LogP contribution < -0.4 is 5.73 Å². The highest BCUT2D eigenvalue weighted by Crippen LogP contribution is 2.35. The van der Waals surface area contributed by atoms with Gasteiger partial charge >= 0.3 is 0 Å². The lowest BCUT2D eigenvalue weighted by atomic mass is 9.94. The maximum atomic E-state index is 6.47. The molecule has 0 bridgehead atoms. The summed E-state index contributed by atoms with van der Waals surface area (Å²) in [5.74, 6) is 2.53. The van der Waals surface area contributed by atoms with Crippen LogP contribution in [0, 0.1) is 12.8 Å². The van der Waals surface area contributed by atoms with Crippen molar-refractivity contribution in [3.8, 4) is 22.5 Å². The van der Waals surface area contributed by atoms with Crippen molar-refractivity contribution < 1.29 is 0 Å². The number of imidazole rings is 1. The zero-order valence-corrected chi connectivity index (χ0v) is 23.1. The first-order valence-electron chi connectivity index (χ1n) is 13.6. The summed E-state index contributed by atoms with van der Waals surface area (Å²) in [6.07, 6.45) is 7.04. The number of fused-ring (bicyclic) bond motifs is 2. The normalized spacial score (nSPS) is 13.4. The number of anilines is 1. The maximum absolute atomic E-state index is 6.47. The van der Waals surface area contributed by atoms with E-state index >= 15 is 0 Å². The van der Waals surface area contributed by atoms with Crippen LogP contribution in [0.15, 0.2) is 67.0 Å². The number of rotatable bonds is 9. The van der Waals surface area contributed by atoms with Crippen LogP contribution in [0.2, 0.25) is 0 Å². The molecule has 0 radical (unpaired) electrons. The van der Waals surface area contributed by atoms with E-state index in [1.807, 2.05) is 24.4 Å². The summed E-state index contributed by atoms with van der Waals surface area (Å²) in [6, 6.07) is 18.9. The van der Waals surface area contributed by atoms with Gasteiger partial charge in [0.25, 0.3) is 0 Å². The van der Waals surface area contributed by atoms with E-state index in [2.05, 4.69) is 85.5 Å². The zero-order valence-electron chi connectivity index (χ0n) is 23.1. The van der Waals surface area contributed by atoms with Crippen molar-refractivity contribution in [3.05, 3.63) is 78.4 Å². The third kappa shape index (κ3) is 5.14. The molecule has 0 saturated carbocycles. The Morgan fingerprint density at radius 1 is 0.974 bits per heavy atom. The second-order valence-corrected chi connectivity index (χ2v) is 10.8. The van der Waals surface area contributed by atoms with Gasteiger partial charge in [0.2, 0.25) is 0 Å². The molecule has 6 heteroatoms. The number of benzene rings is 2. The lowest BCUT2D eigenvalue weighted by molar-refractivity contribution is 0.316. The number of aromatic nitrogens is 4. The molecule has 0 aliphatic rings. The third-order valence-corrected chi connectivity index (χ3v) is 7.51. The fourth-order valence-electron chi connectivity index (χ4n) is 5.60. The second kappa shape index (κ2) is 10.9. The molecule has 2 N–H and O–H groups in total. The van der Waals surface area contributed by atoms with Crippen molar-refractivity contribution in [2.75, 3.05) is 26.4 Å². The Kier molecular flexibility index (Phi) is 7.43. The first kappa shape index (κ1) is 25.9. The Balaban J connectivity index is 1.58. The van der Waals surface area contributed by atoms with Crippen LogP contribution in [-0.4, -0.2) is 44.9 Å². The Bertz CT molecular complexity index is 1550. The molecule has 2 aromatic carbocycles. The number of hydrogen-bond acceptors (Lipinski definition) is 5. The Morgan fingerprint density at radius 3 is 2.50 bits per heavy atom. The summed E-state index contributed by atoms with van der Waals surface area (Å²) in [5, 5.41) is 1.14. The first-order chi connectivity index (χ1) is 18.4. The smallest absolute Gasteiger partial charge is 0.150 e. The molecular weight excluding hydrogens is 468 g/mol. The van der Waals surface area contributed by atoms with Gasteiger partial charge in [0, 0.05) is 41.4 Å². The van der Waals surface area contributed by atoms with Crippen LogP contribution in [0.25, 0.3) is 38.9 Å². The quantitative estimate of drug-likeness (QED) is 0.234. The average molecular weight is 507 g/mol. The minimum absolute atomic E-state index is 0.341. The largest absolute Gasteiger partial charge is 0.382 e. The zero-order chi connectivity index (χ0) is 26.8. The topological polar surface area (TPSA) is 72.3 Å². The van der Waals surface area contributed by atoms with Gasteiger partial charge < -0.3 is 10.6 Å². The predicted molar refractivity (Wildman–Crippen MR) is 158 cm³/mol. The molecule has 0 spiro atoms. The van der Waals surface area contributed by atoms with Crippen LogP contribution in [-0.2, 0) is 0 Å². The molecule has 5 aromatic rings. The molecule has 0 saturated heterocycles.